The van der Waals surface area contributed by atoms with Gasteiger partial charge in [0, 0.05) is 5.54 Å². The number of carboxylic acid groups (broad SMARTS) is 1. The molecule has 4 heteroatoms. The Bertz CT molecular complexity index is 243. The quantitative estimate of drug-likeness (QED) is 0.756. The maximum atomic E-state index is 11.1. The molecule has 4 nitrogen and oxygen atoms in total. The van der Waals surface area contributed by atoms with Crippen LogP contribution in [0.25, 0.3) is 0 Å². The van der Waals surface area contributed by atoms with Crippen LogP contribution < -0.4 is 0 Å². The van der Waals surface area contributed by atoms with Crippen molar-refractivity contribution in [1.82, 2.24) is 4.90 Å². The van der Waals surface area contributed by atoms with Crippen molar-refractivity contribution in [3.63, 3.8) is 0 Å². The average Bonchev–Trinajstić information content (AvgIpc) is 2.81. The van der Waals surface area contributed by atoms with Gasteiger partial charge in [-0.15, -0.1) is 0 Å². The van der Waals surface area contributed by atoms with Gasteiger partial charge in [0.05, 0.1) is 12.1 Å². The number of amides is 1. The Labute approximate surface area is 90.9 Å². The van der Waals surface area contributed by atoms with Crippen LogP contribution in [0.3, 0.4) is 0 Å². The molecule has 1 amide bonds. The zero-order valence-corrected chi connectivity index (χ0v) is 9.90. The van der Waals surface area contributed by atoms with E-state index in [-0.39, 0.29) is 6.04 Å². The molecule has 88 valence electrons. The van der Waals surface area contributed by atoms with Crippen LogP contribution >= 0.6 is 0 Å². The van der Waals surface area contributed by atoms with Crippen molar-refractivity contribution in [2.24, 2.45) is 5.92 Å². The first kappa shape index (κ1) is 12.3. The van der Waals surface area contributed by atoms with Crippen LogP contribution in [0.4, 0.5) is 4.79 Å². The number of nitrogens with zero attached hydrogens (tertiary/aromatic N) is 1. The molecule has 0 heterocycles. The smallest absolute Gasteiger partial charge is 0.408 e. The van der Waals surface area contributed by atoms with Gasteiger partial charge in [-0.3, -0.25) is 4.90 Å². The van der Waals surface area contributed by atoms with E-state index in [1.54, 1.807) is 6.92 Å². The van der Waals surface area contributed by atoms with Crippen LogP contribution in [-0.2, 0) is 0 Å². The highest BCUT2D eigenvalue weighted by molar-refractivity contribution is 5.66. The monoisotopic (exact) mass is 215 g/mol. The van der Waals surface area contributed by atoms with Crippen LogP contribution in [0.2, 0.25) is 0 Å². The fraction of sp³-hybridized carbons (Fsp3) is 0.909. The first-order valence-corrected chi connectivity index (χ1v) is 5.45. The zero-order valence-electron chi connectivity index (χ0n) is 9.90. The van der Waals surface area contributed by atoms with Crippen molar-refractivity contribution in [2.75, 3.05) is 0 Å². The first-order chi connectivity index (χ1) is 6.75. The molecular formula is C11H21NO3. The molecule has 1 rings (SSSR count). The summed E-state index contributed by atoms with van der Waals surface area (Å²) in [5.74, 6) is 0.296. The summed E-state index contributed by atoms with van der Waals surface area (Å²) in [7, 11) is 0. The van der Waals surface area contributed by atoms with E-state index >= 15 is 0 Å². The summed E-state index contributed by atoms with van der Waals surface area (Å²) in [6, 6.07) is -0.338. The van der Waals surface area contributed by atoms with Crippen LogP contribution in [-0.4, -0.2) is 38.9 Å². The van der Waals surface area contributed by atoms with Gasteiger partial charge >= 0.3 is 6.09 Å². The molecule has 0 saturated heterocycles. The Hall–Kier alpha value is -0.770. The molecule has 2 atom stereocenters. The van der Waals surface area contributed by atoms with E-state index in [1.165, 1.54) is 4.90 Å². The summed E-state index contributed by atoms with van der Waals surface area (Å²) in [4.78, 5) is 12.5. The van der Waals surface area contributed by atoms with Gasteiger partial charge in [0.25, 0.3) is 0 Å². The molecule has 0 aromatic heterocycles. The van der Waals surface area contributed by atoms with Crippen molar-refractivity contribution in [3.8, 4) is 0 Å². The second-order valence-electron chi connectivity index (χ2n) is 5.39. The molecule has 1 aliphatic carbocycles. The van der Waals surface area contributed by atoms with Gasteiger partial charge in [-0.1, -0.05) is 0 Å². The third kappa shape index (κ3) is 2.84. The van der Waals surface area contributed by atoms with Crippen LogP contribution in [0, 0.1) is 5.92 Å². The molecule has 1 saturated carbocycles. The van der Waals surface area contributed by atoms with E-state index in [1.807, 2.05) is 20.8 Å². The molecular weight excluding hydrogens is 194 g/mol. The average molecular weight is 215 g/mol. The lowest BCUT2D eigenvalue weighted by Crippen LogP contribution is -2.54. The number of hydrogen-bond donors (Lipinski definition) is 2. The topological polar surface area (TPSA) is 60.8 Å². The van der Waals surface area contributed by atoms with Gasteiger partial charge in [0.2, 0.25) is 0 Å². The molecule has 0 radical (unpaired) electrons. The third-order valence-corrected chi connectivity index (χ3v) is 2.94. The standard InChI is InChI=1S/C11H21NO3/c1-7(9(13)8-5-6-8)12(10(14)15)11(2,3)4/h7-9,13H,5-6H2,1-4H3,(H,14,15)/t7-,9+/m0/s1. The fourth-order valence-corrected chi connectivity index (χ4v) is 2.06. The van der Waals surface area contributed by atoms with Crippen molar-refractivity contribution < 1.29 is 15.0 Å². The van der Waals surface area contributed by atoms with Gasteiger partial charge in [-0.25, -0.2) is 4.79 Å². The molecule has 0 unspecified atom stereocenters. The maximum absolute atomic E-state index is 11.1. The summed E-state index contributed by atoms with van der Waals surface area (Å²) in [5.41, 5.74) is -0.471. The Balaban J connectivity index is 2.74. The number of aliphatic hydroxyl groups is 1. The highest BCUT2D eigenvalue weighted by Crippen LogP contribution is 2.36. The van der Waals surface area contributed by atoms with E-state index in [2.05, 4.69) is 0 Å². The molecule has 1 aliphatic rings. The Morgan fingerprint density at radius 1 is 1.40 bits per heavy atom. The summed E-state index contributed by atoms with van der Waals surface area (Å²) >= 11 is 0. The summed E-state index contributed by atoms with van der Waals surface area (Å²) in [6.07, 6.45) is 0.543. The van der Waals surface area contributed by atoms with E-state index in [0.29, 0.717) is 5.92 Å². The van der Waals surface area contributed by atoms with Gasteiger partial charge in [-0.2, -0.15) is 0 Å². The van der Waals surface area contributed by atoms with E-state index in [9.17, 15) is 9.90 Å². The lowest BCUT2D eigenvalue weighted by Gasteiger charge is -2.40. The van der Waals surface area contributed by atoms with E-state index in [4.69, 9.17) is 5.11 Å². The molecule has 0 spiro atoms. The predicted molar refractivity (Wildman–Crippen MR) is 57.8 cm³/mol. The Morgan fingerprint density at radius 3 is 2.13 bits per heavy atom. The minimum absolute atomic E-state index is 0.296. The van der Waals surface area contributed by atoms with Crippen molar-refractivity contribution in [1.29, 1.82) is 0 Å². The molecule has 0 aromatic carbocycles. The van der Waals surface area contributed by atoms with Gasteiger partial charge in [0.1, 0.15) is 0 Å². The zero-order chi connectivity index (χ0) is 11.8. The molecule has 1 fully saturated rings. The second-order valence-corrected chi connectivity index (χ2v) is 5.39. The molecule has 0 aromatic rings. The Morgan fingerprint density at radius 2 is 1.87 bits per heavy atom. The van der Waals surface area contributed by atoms with Gasteiger partial charge in [0.15, 0.2) is 0 Å². The van der Waals surface area contributed by atoms with Crippen LogP contribution in [0.5, 0.6) is 0 Å². The third-order valence-electron chi connectivity index (χ3n) is 2.94. The number of aliphatic hydroxyl groups excluding tert-OH is 1. The molecule has 0 bridgehead atoms. The highest BCUT2D eigenvalue weighted by Gasteiger charge is 2.40. The minimum atomic E-state index is -0.963. The number of rotatable bonds is 3. The van der Waals surface area contributed by atoms with E-state index in [0.717, 1.165) is 12.8 Å². The molecule has 0 aliphatic heterocycles. The summed E-state index contributed by atoms with van der Waals surface area (Å²) in [6.45, 7) is 7.31. The fourth-order valence-electron chi connectivity index (χ4n) is 2.06. The molecule has 15 heavy (non-hydrogen) atoms. The second kappa shape index (κ2) is 4.00. The predicted octanol–water partition coefficient (Wildman–Crippen LogP) is 1.92. The largest absolute Gasteiger partial charge is 0.465 e. The van der Waals surface area contributed by atoms with Gasteiger partial charge in [-0.05, 0) is 46.5 Å². The van der Waals surface area contributed by atoms with Gasteiger partial charge < -0.3 is 10.2 Å². The van der Waals surface area contributed by atoms with Crippen molar-refractivity contribution in [2.45, 2.75) is 58.2 Å². The SMILES string of the molecule is C[C@@H]([C@@H](O)C1CC1)N(C(=O)O)C(C)(C)C. The van der Waals surface area contributed by atoms with Crippen molar-refractivity contribution >= 4 is 6.09 Å². The summed E-state index contributed by atoms with van der Waals surface area (Å²) < 4.78 is 0. The minimum Gasteiger partial charge on any atom is -0.465 e. The maximum Gasteiger partial charge on any atom is 0.408 e. The van der Waals surface area contributed by atoms with Crippen LogP contribution in [0.15, 0.2) is 0 Å². The van der Waals surface area contributed by atoms with Crippen molar-refractivity contribution in [3.05, 3.63) is 0 Å². The number of carbonyl (C=O) groups is 1. The lowest BCUT2D eigenvalue weighted by atomic mass is 9.99. The Kier molecular flexibility index (Phi) is 3.28. The normalized spacial score (nSPS) is 20.9. The summed E-state index contributed by atoms with van der Waals surface area (Å²) in [5, 5.41) is 19.1. The number of hydrogen-bond acceptors (Lipinski definition) is 2. The first-order valence-electron chi connectivity index (χ1n) is 5.45. The highest BCUT2D eigenvalue weighted by atomic mass is 16.4. The lowest BCUT2D eigenvalue weighted by molar-refractivity contribution is 0.00616. The van der Waals surface area contributed by atoms with Crippen LogP contribution in [0.1, 0.15) is 40.5 Å². The van der Waals surface area contributed by atoms with E-state index < -0.39 is 17.7 Å². The molecule has 2 N–H and O–H groups in total.